The van der Waals surface area contributed by atoms with Crippen molar-refractivity contribution in [3.63, 3.8) is 0 Å². The van der Waals surface area contributed by atoms with E-state index in [0.29, 0.717) is 31.4 Å². The molecule has 2 aromatic heterocycles. The van der Waals surface area contributed by atoms with Crippen LogP contribution in [0, 0.1) is 5.92 Å². The smallest absolute Gasteiger partial charge is 0.354 e. The molecular weight excluding hydrogens is 405 g/mol. The van der Waals surface area contributed by atoms with Crippen molar-refractivity contribution in [3.8, 4) is 0 Å². The lowest BCUT2D eigenvalue weighted by atomic mass is 10.0. The number of nitrogens with one attached hydrogen (secondary N) is 1. The molecule has 29 heavy (non-hydrogen) atoms. The van der Waals surface area contributed by atoms with Crippen molar-refractivity contribution in [2.75, 3.05) is 24.5 Å². The molecule has 3 heterocycles. The van der Waals surface area contributed by atoms with E-state index in [1.807, 2.05) is 4.90 Å². The first-order valence-corrected chi connectivity index (χ1v) is 9.74. The lowest BCUT2D eigenvalue weighted by Crippen LogP contribution is -2.51. The molecule has 1 aliphatic heterocycles. The number of pyridine rings is 2. The van der Waals surface area contributed by atoms with E-state index in [-0.39, 0.29) is 16.6 Å². The maximum absolute atomic E-state index is 13.5. The second kappa shape index (κ2) is 8.67. The van der Waals surface area contributed by atoms with Gasteiger partial charge < -0.3 is 10.2 Å². The predicted molar refractivity (Wildman–Crippen MR) is 105 cm³/mol. The number of hydrogen-bond acceptors (Lipinski definition) is 5. The highest BCUT2D eigenvalue weighted by Crippen LogP contribution is 2.34. The van der Waals surface area contributed by atoms with Crippen molar-refractivity contribution < 1.29 is 18.0 Å². The van der Waals surface area contributed by atoms with Gasteiger partial charge in [0.05, 0.1) is 10.6 Å². The number of rotatable bonds is 5. The Morgan fingerprint density at radius 1 is 1.34 bits per heavy atom. The van der Waals surface area contributed by atoms with Gasteiger partial charge in [-0.1, -0.05) is 25.4 Å². The first-order valence-electron chi connectivity index (χ1n) is 9.37. The molecule has 0 saturated carbocycles. The zero-order chi connectivity index (χ0) is 21.2. The largest absolute Gasteiger partial charge is 0.418 e. The fraction of sp³-hybridized carbons (Fsp3) is 0.450. The van der Waals surface area contributed by atoms with Crippen molar-refractivity contribution in [1.29, 1.82) is 0 Å². The van der Waals surface area contributed by atoms with Gasteiger partial charge >= 0.3 is 6.18 Å². The standard InChI is InChI=1S/C20H22ClF3N4O/c1-12(2)7-15-11-28(6-5-26-15)17-4-3-16(20(22,23)24)18(27-17)19(29)13-8-14(21)10-25-9-13/h3-4,8-10,12,15,26H,5-7,11H2,1-2H3/t15-/m0/s1. The second-order valence-electron chi connectivity index (χ2n) is 7.51. The van der Waals surface area contributed by atoms with E-state index >= 15 is 0 Å². The Bertz CT molecular complexity index is 888. The second-order valence-corrected chi connectivity index (χ2v) is 7.95. The lowest BCUT2D eigenvalue weighted by molar-refractivity contribution is -0.138. The maximum atomic E-state index is 13.5. The Kier molecular flexibility index (Phi) is 6.43. The summed E-state index contributed by atoms with van der Waals surface area (Å²) in [6.45, 7) is 6.14. The third-order valence-corrected chi connectivity index (χ3v) is 4.91. The summed E-state index contributed by atoms with van der Waals surface area (Å²) in [6, 6.07) is 3.75. The highest BCUT2D eigenvalue weighted by atomic mass is 35.5. The SMILES string of the molecule is CC(C)C[C@H]1CN(c2ccc(C(F)(F)F)c(C(=O)c3cncc(Cl)c3)n2)CCN1. The van der Waals surface area contributed by atoms with Crippen molar-refractivity contribution in [3.05, 3.63) is 52.4 Å². The number of carbonyl (C=O) groups is 1. The number of piperazine rings is 1. The third-order valence-electron chi connectivity index (χ3n) is 4.70. The van der Waals surface area contributed by atoms with Crippen molar-refractivity contribution in [2.45, 2.75) is 32.5 Å². The number of aromatic nitrogens is 2. The fourth-order valence-corrected chi connectivity index (χ4v) is 3.63. The van der Waals surface area contributed by atoms with Gasteiger partial charge in [0.15, 0.2) is 0 Å². The molecule has 0 radical (unpaired) electrons. The van der Waals surface area contributed by atoms with E-state index in [0.717, 1.165) is 12.5 Å². The number of carbonyl (C=O) groups excluding carboxylic acids is 1. The quantitative estimate of drug-likeness (QED) is 0.726. The van der Waals surface area contributed by atoms with Gasteiger partial charge in [0.1, 0.15) is 11.5 Å². The zero-order valence-electron chi connectivity index (χ0n) is 16.1. The molecule has 0 unspecified atom stereocenters. The van der Waals surface area contributed by atoms with Gasteiger partial charge in [0.25, 0.3) is 0 Å². The summed E-state index contributed by atoms with van der Waals surface area (Å²) >= 11 is 5.84. The minimum absolute atomic E-state index is 0.0364. The molecule has 9 heteroatoms. The van der Waals surface area contributed by atoms with E-state index in [2.05, 4.69) is 29.1 Å². The molecule has 1 aliphatic rings. The Morgan fingerprint density at radius 2 is 2.10 bits per heavy atom. The summed E-state index contributed by atoms with van der Waals surface area (Å²) in [5.74, 6) is -0.0184. The monoisotopic (exact) mass is 426 g/mol. The van der Waals surface area contributed by atoms with E-state index in [1.54, 1.807) is 0 Å². The molecule has 1 atom stereocenters. The van der Waals surface area contributed by atoms with Crippen LogP contribution in [0.2, 0.25) is 5.02 Å². The van der Waals surface area contributed by atoms with Crippen LogP contribution in [0.4, 0.5) is 19.0 Å². The molecule has 0 aliphatic carbocycles. The van der Waals surface area contributed by atoms with Crippen LogP contribution in [-0.2, 0) is 6.18 Å². The van der Waals surface area contributed by atoms with Crippen LogP contribution in [0.25, 0.3) is 0 Å². The van der Waals surface area contributed by atoms with E-state index in [4.69, 9.17) is 11.6 Å². The van der Waals surface area contributed by atoms with Gasteiger partial charge in [-0.3, -0.25) is 9.78 Å². The molecule has 1 fully saturated rings. The van der Waals surface area contributed by atoms with E-state index in [1.165, 1.54) is 24.5 Å². The van der Waals surface area contributed by atoms with Gasteiger partial charge in [-0.2, -0.15) is 13.2 Å². The lowest BCUT2D eigenvalue weighted by Gasteiger charge is -2.35. The molecular formula is C20H22ClF3N4O. The summed E-state index contributed by atoms with van der Waals surface area (Å²) in [6.07, 6.45) is -1.27. The molecule has 1 saturated heterocycles. The first-order chi connectivity index (χ1) is 13.6. The molecule has 2 aromatic rings. The van der Waals surface area contributed by atoms with Crippen molar-refractivity contribution >= 4 is 23.2 Å². The molecule has 0 bridgehead atoms. The van der Waals surface area contributed by atoms with Gasteiger partial charge in [0, 0.05) is 43.6 Å². The number of alkyl halides is 3. The molecule has 0 spiro atoms. The molecule has 3 rings (SSSR count). The van der Waals surface area contributed by atoms with E-state index in [9.17, 15) is 18.0 Å². The summed E-state index contributed by atoms with van der Waals surface area (Å²) in [7, 11) is 0. The molecule has 0 aromatic carbocycles. The summed E-state index contributed by atoms with van der Waals surface area (Å²) in [5.41, 5.74) is -1.75. The van der Waals surface area contributed by atoms with Crippen molar-refractivity contribution in [1.82, 2.24) is 15.3 Å². The van der Waals surface area contributed by atoms with Gasteiger partial charge in [-0.15, -0.1) is 0 Å². The van der Waals surface area contributed by atoms with E-state index < -0.39 is 23.2 Å². The number of halogens is 4. The van der Waals surface area contributed by atoms with Crippen LogP contribution in [0.1, 0.15) is 41.9 Å². The Hall–Kier alpha value is -2.19. The topological polar surface area (TPSA) is 58.1 Å². The van der Waals surface area contributed by atoms with Crippen LogP contribution >= 0.6 is 11.6 Å². The molecule has 156 valence electrons. The normalized spacial score (nSPS) is 17.6. The van der Waals surface area contributed by atoms with Gasteiger partial charge in [0.2, 0.25) is 5.78 Å². The minimum Gasteiger partial charge on any atom is -0.354 e. The number of nitrogens with zero attached hydrogens (tertiary/aromatic N) is 3. The molecule has 1 N–H and O–H groups in total. The summed E-state index contributed by atoms with van der Waals surface area (Å²) < 4.78 is 40.6. The highest BCUT2D eigenvalue weighted by molar-refractivity contribution is 6.31. The van der Waals surface area contributed by atoms with Gasteiger partial charge in [-0.05, 0) is 30.5 Å². The van der Waals surface area contributed by atoms with Crippen LogP contribution in [-0.4, -0.2) is 41.4 Å². The predicted octanol–water partition coefficient (Wildman–Crippen LogP) is 4.20. The highest BCUT2D eigenvalue weighted by Gasteiger charge is 2.37. The molecule has 0 amide bonds. The minimum atomic E-state index is -4.70. The fourth-order valence-electron chi connectivity index (χ4n) is 3.46. The number of anilines is 1. The Morgan fingerprint density at radius 3 is 2.76 bits per heavy atom. The number of ketones is 1. The Labute approximate surface area is 172 Å². The summed E-state index contributed by atoms with van der Waals surface area (Å²) in [5, 5.41) is 3.58. The van der Waals surface area contributed by atoms with Gasteiger partial charge in [-0.25, -0.2) is 4.98 Å². The summed E-state index contributed by atoms with van der Waals surface area (Å²) in [4.78, 5) is 22.7. The van der Waals surface area contributed by atoms with Crippen LogP contribution in [0.3, 0.4) is 0 Å². The first kappa shape index (κ1) is 21.5. The average molecular weight is 427 g/mol. The Balaban J connectivity index is 1.97. The average Bonchev–Trinajstić information content (AvgIpc) is 2.66. The number of hydrogen-bond donors (Lipinski definition) is 1. The maximum Gasteiger partial charge on any atom is 0.418 e. The van der Waals surface area contributed by atoms with Crippen LogP contribution < -0.4 is 10.2 Å². The molecule has 5 nitrogen and oxygen atoms in total. The zero-order valence-corrected chi connectivity index (χ0v) is 16.9. The van der Waals surface area contributed by atoms with Crippen molar-refractivity contribution in [2.24, 2.45) is 5.92 Å². The van der Waals surface area contributed by atoms with Crippen LogP contribution in [0.5, 0.6) is 0 Å². The third kappa shape index (κ3) is 5.25. The van der Waals surface area contributed by atoms with Crippen LogP contribution in [0.15, 0.2) is 30.6 Å².